The van der Waals surface area contributed by atoms with E-state index in [-0.39, 0.29) is 31.5 Å². The molecule has 0 radical (unpaired) electrons. The zero-order chi connectivity index (χ0) is 12.2. The highest BCUT2D eigenvalue weighted by Gasteiger charge is 2.42. The van der Waals surface area contributed by atoms with Crippen LogP contribution in [0.1, 0.15) is 39.0 Å². The molecule has 3 unspecified atom stereocenters. The number of aliphatic hydroxyl groups excluding tert-OH is 1. The number of rotatable bonds is 4. The van der Waals surface area contributed by atoms with Crippen LogP contribution in [0.5, 0.6) is 0 Å². The van der Waals surface area contributed by atoms with Gasteiger partial charge in [0.2, 0.25) is 0 Å². The zero-order valence-electron chi connectivity index (χ0n) is 9.56. The molecule has 0 amide bonds. The molecule has 0 aromatic carbocycles. The van der Waals surface area contributed by atoms with Crippen LogP contribution in [0.15, 0.2) is 0 Å². The van der Waals surface area contributed by atoms with Crippen molar-refractivity contribution < 1.29 is 18.3 Å². The van der Waals surface area contributed by atoms with Crippen LogP contribution in [0.4, 0.5) is 13.2 Å². The van der Waals surface area contributed by atoms with Gasteiger partial charge in [-0.05, 0) is 25.7 Å². The minimum absolute atomic E-state index is 0.0102. The van der Waals surface area contributed by atoms with E-state index in [9.17, 15) is 13.2 Å². The zero-order valence-corrected chi connectivity index (χ0v) is 9.56. The first-order valence-electron chi connectivity index (χ1n) is 5.91. The molecule has 0 aliphatic heterocycles. The Hall–Kier alpha value is -0.290. The monoisotopic (exact) mass is 239 g/mol. The SMILES string of the molecule is CCC(CO)NC1CCCC(C(F)(F)F)C1. The fourth-order valence-corrected chi connectivity index (χ4v) is 2.27. The lowest BCUT2D eigenvalue weighted by atomic mass is 9.85. The van der Waals surface area contributed by atoms with Gasteiger partial charge in [0.1, 0.15) is 0 Å². The van der Waals surface area contributed by atoms with Crippen LogP contribution in [0.25, 0.3) is 0 Å². The van der Waals surface area contributed by atoms with Gasteiger partial charge < -0.3 is 10.4 Å². The molecule has 1 rings (SSSR count). The Bertz CT molecular complexity index is 204. The van der Waals surface area contributed by atoms with Crippen molar-refractivity contribution in [3.05, 3.63) is 0 Å². The van der Waals surface area contributed by atoms with E-state index in [0.717, 1.165) is 12.8 Å². The lowest BCUT2D eigenvalue weighted by Crippen LogP contribution is -2.44. The summed E-state index contributed by atoms with van der Waals surface area (Å²) in [5.41, 5.74) is 0. The lowest BCUT2D eigenvalue weighted by Gasteiger charge is -2.33. The maximum absolute atomic E-state index is 12.5. The summed E-state index contributed by atoms with van der Waals surface area (Å²) in [6, 6.07) is -0.172. The molecule has 2 nitrogen and oxygen atoms in total. The highest BCUT2D eigenvalue weighted by atomic mass is 19.4. The van der Waals surface area contributed by atoms with Gasteiger partial charge in [-0.3, -0.25) is 0 Å². The largest absolute Gasteiger partial charge is 0.395 e. The van der Waals surface area contributed by atoms with Crippen LogP contribution < -0.4 is 5.32 Å². The topological polar surface area (TPSA) is 32.3 Å². The number of aliphatic hydroxyl groups is 1. The summed E-state index contributed by atoms with van der Waals surface area (Å²) in [6.07, 6.45) is -1.53. The number of alkyl halides is 3. The maximum atomic E-state index is 12.5. The summed E-state index contributed by atoms with van der Waals surface area (Å²) in [5, 5.41) is 12.1. The van der Waals surface area contributed by atoms with Gasteiger partial charge in [0.05, 0.1) is 12.5 Å². The first-order valence-corrected chi connectivity index (χ1v) is 5.91. The predicted octanol–water partition coefficient (Wildman–Crippen LogP) is 2.47. The van der Waals surface area contributed by atoms with Crippen LogP contribution in [-0.2, 0) is 0 Å². The minimum atomic E-state index is -4.07. The van der Waals surface area contributed by atoms with Crippen molar-refractivity contribution in [1.82, 2.24) is 5.32 Å². The average Bonchev–Trinajstić information content (AvgIpc) is 2.25. The molecule has 3 atom stereocenters. The summed E-state index contributed by atoms with van der Waals surface area (Å²) in [5.74, 6) is -1.17. The molecule has 1 saturated carbocycles. The van der Waals surface area contributed by atoms with Crippen LogP contribution >= 0.6 is 0 Å². The average molecular weight is 239 g/mol. The number of hydrogen-bond acceptors (Lipinski definition) is 2. The van der Waals surface area contributed by atoms with E-state index in [1.807, 2.05) is 6.92 Å². The molecule has 5 heteroatoms. The molecule has 1 aliphatic rings. The first kappa shape index (κ1) is 13.8. The third-order valence-electron chi connectivity index (χ3n) is 3.32. The number of hydrogen-bond donors (Lipinski definition) is 2. The molecule has 0 spiro atoms. The van der Waals surface area contributed by atoms with Crippen LogP contribution in [0.2, 0.25) is 0 Å². The minimum Gasteiger partial charge on any atom is -0.395 e. The number of nitrogens with one attached hydrogen (secondary N) is 1. The summed E-state index contributed by atoms with van der Waals surface area (Å²) in [4.78, 5) is 0. The maximum Gasteiger partial charge on any atom is 0.391 e. The highest BCUT2D eigenvalue weighted by Crippen LogP contribution is 2.37. The molecule has 1 aliphatic carbocycles. The fraction of sp³-hybridized carbons (Fsp3) is 1.00. The van der Waals surface area contributed by atoms with E-state index in [1.165, 1.54) is 0 Å². The second-order valence-electron chi connectivity index (χ2n) is 4.56. The Morgan fingerprint density at radius 2 is 2.06 bits per heavy atom. The van der Waals surface area contributed by atoms with Crippen molar-refractivity contribution in [1.29, 1.82) is 0 Å². The van der Waals surface area contributed by atoms with Gasteiger partial charge in [-0.15, -0.1) is 0 Å². The molecule has 0 aromatic heterocycles. The van der Waals surface area contributed by atoms with Gasteiger partial charge in [-0.1, -0.05) is 13.3 Å². The smallest absolute Gasteiger partial charge is 0.391 e. The molecule has 0 saturated heterocycles. The lowest BCUT2D eigenvalue weighted by molar-refractivity contribution is -0.183. The van der Waals surface area contributed by atoms with Gasteiger partial charge in [0, 0.05) is 12.1 Å². The van der Waals surface area contributed by atoms with Crippen molar-refractivity contribution in [3.63, 3.8) is 0 Å². The third kappa shape index (κ3) is 3.94. The number of halogens is 3. The Morgan fingerprint density at radius 1 is 1.38 bits per heavy atom. The highest BCUT2D eigenvalue weighted by molar-refractivity contribution is 4.83. The van der Waals surface area contributed by atoms with Crippen LogP contribution in [0, 0.1) is 5.92 Å². The van der Waals surface area contributed by atoms with E-state index < -0.39 is 12.1 Å². The van der Waals surface area contributed by atoms with Crippen molar-refractivity contribution >= 4 is 0 Å². The van der Waals surface area contributed by atoms with Gasteiger partial charge in [-0.25, -0.2) is 0 Å². The molecule has 2 N–H and O–H groups in total. The third-order valence-corrected chi connectivity index (χ3v) is 3.32. The standard InChI is InChI=1S/C11H20F3NO/c1-2-9(7-16)15-10-5-3-4-8(6-10)11(12,13)14/h8-10,15-16H,2-7H2,1H3. The molecular formula is C11H20F3NO. The Labute approximate surface area is 94.2 Å². The van der Waals surface area contributed by atoms with Gasteiger partial charge in [-0.2, -0.15) is 13.2 Å². The van der Waals surface area contributed by atoms with E-state index in [2.05, 4.69) is 5.32 Å². The van der Waals surface area contributed by atoms with Gasteiger partial charge in [0.15, 0.2) is 0 Å². The summed E-state index contributed by atoms with van der Waals surface area (Å²) >= 11 is 0. The normalized spacial score (nSPS) is 29.1. The predicted molar refractivity (Wildman–Crippen MR) is 56.1 cm³/mol. The van der Waals surface area contributed by atoms with Gasteiger partial charge in [0.25, 0.3) is 0 Å². The van der Waals surface area contributed by atoms with Crippen molar-refractivity contribution in [2.75, 3.05) is 6.61 Å². The van der Waals surface area contributed by atoms with Crippen LogP contribution in [0.3, 0.4) is 0 Å². The summed E-state index contributed by atoms with van der Waals surface area (Å²) in [7, 11) is 0. The van der Waals surface area contributed by atoms with Crippen molar-refractivity contribution in [3.8, 4) is 0 Å². The Morgan fingerprint density at radius 3 is 2.56 bits per heavy atom. The van der Waals surface area contributed by atoms with E-state index in [1.54, 1.807) is 0 Å². The summed E-state index contributed by atoms with van der Waals surface area (Å²) < 4.78 is 37.6. The molecule has 0 aromatic rings. The molecule has 0 heterocycles. The Kier molecular flexibility index (Phi) is 5.05. The van der Waals surface area contributed by atoms with E-state index in [0.29, 0.717) is 6.42 Å². The molecule has 0 bridgehead atoms. The van der Waals surface area contributed by atoms with E-state index >= 15 is 0 Å². The van der Waals surface area contributed by atoms with Crippen molar-refractivity contribution in [2.45, 2.75) is 57.3 Å². The summed E-state index contributed by atoms with van der Waals surface area (Å²) in [6.45, 7) is 1.90. The second kappa shape index (κ2) is 5.87. The molecule has 16 heavy (non-hydrogen) atoms. The Balaban J connectivity index is 2.44. The van der Waals surface area contributed by atoms with E-state index in [4.69, 9.17) is 5.11 Å². The van der Waals surface area contributed by atoms with Gasteiger partial charge >= 0.3 is 6.18 Å². The molecule has 96 valence electrons. The second-order valence-corrected chi connectivity index (χ2v) is 4.56. The quantitative estimate of drug-likeness (QED) is 0.790. The fourth-order valence-electron chi connectivity index (χ4n) is 2.27. The molecular weight excluding hydrogens is 219 g/mol. The molecule has 1 fully saturated rings. The first-order chi connectivity index (χ1) is 7.47. The van der Waals surface area contributed by atoms with Crippen molar-refractivity contribution in [2.24, 2.45) is 5.92 Å². The van der Waals surface area contributed by atoms with Crippen LogP contribution in [-0.4, -0.2) is 30.0 Å².